The molecule has 0 aliphatic carbocycles. The maximum Gasteiger partial charge on any atom is 0.131 e. The molecule has 8 heterocycles. The van der Waals surface area contributed by atoms with Crippen molar-refractivity contribution in [3.8, 4) is 11.5 Å². The normalized spacial score (nSPS) is 28.4. The molecule has 4 bridgehead atoms. The number of methoxy groups -OCH3 is 2. The molecule has 2 N–H and O–H groups in total. The molecule has 0 amide bonds. The van der Waals surface area contributed by atoms with Crippen LogP contribution in [0.25, 0.3) is 43.4 Å². The van der Waals surface area contributed by atoms with Gasteiger partial charge < -0.3 is 28.7 Å². The third-order valence-corrected chi connectivity index (χ3v) is 16.8. The molecule has 8 nitrogen and oxygen atoms in total. The monoisotopic (exact) mass is 852 g/mol. The van der Waals surface area contributed by atoms with Crippen molar-refractivity contribution in [3.63, 3.8) is 0 Å². The van der Waals surface area contributed by atoms with Crippen LogP contribution in [0, 0.1) is 23.7 Å². The lowest BCUT2D eigenvalue weighted by molar-refractivity contribution is -0.984. The molecule has 0 spiro atoms. The van der Waals surface area contributed by atoms with Crippen molar-refractivity contribution >= 4 is 43.4 Å². The largest absolute Gasteiger partial charge is 0.497 e. The SMILES string of the molecule is C=C[C@H]1C[N@+]2(Cc3c4ccccc4c(C[N@@+]45CC[C@@H](C[C@@H]4C(O)c4ccnc6ccc(OC)cc46)[C@@H](C=C)C5)c4ccccc34)CC[C@H]1C[C@@H]2C(O)c1ccnc2ccc(OC)cc12. The van der Waals surface area contributed by atoms with Gasteiger partial charge in [0.2, 0.25) is 0 Å². The van der Waals surface area contributed by atoms with Crippen molar-refractivity contribution in [1.29, 1.82) is 0 Å². The number of piperidine rings is 6. The number of rotatable bonds is 12. The van der Waals surface area contributed by atoms with Gasteiger partial charge in [0.25, 0.3) is 0 Å². The summed E-state index contributed by atoms with van der Waals surface area (Å²) in [6.45, 7) is 14.3. The molecule has 6 saturated heterocycles. The number of fused-ring (bicyclic) bond motifs is 10. The summed E-state index contributed by atoms with van der Waals surface area (Å²) in [6, 6.07) is 34.1. The summed E-state index contributed by atoms with van der Waals surface area (Å²) in [4.78, 5) is 9.36. The van der Waals surface area contributed by atoms with Gasteiger partial charge in [0.15, 0.2) is 0 Å². The third-order valence-electron chi connectivity index (χ3n) is 16.8. The van der Waals surface area contributed by atoms with Gasteiger partial charge in [0, 0.05) is 71.8 Å². The lowest BCUT2D eigenvalue weighted by Crippen LogP contribution is -2.67. The Morgan fingerprint density at radius 3 is 1.38 bits per heavy atom. The first-order valence-corrected chi connectivity index (χ1v) is 23.4. The zero-order valence-corrected chi connectivity index (χ0v) is 37.2. The van der Waals surface area contributed by atoms with E-state index in [0.29, 0.717) is 23.7 Å². The standard InChI is InChI=1S/C56H60N4O4/c1-5-35-31-59(25-21-37(35)27-53(59)55(61)45-19-23-57-51-17-15-39(63-3)29-47(45)51)33-49-41-11-7-9-13-43(41)50(44-14-10-8-12-42(44)49)34-60-26-22-38(36(6-2)32-60)28-54(60)56(62)46-20-24-58-52-18-16-40(64-4)30-48(46)52/h5-20,23-24,29-30,35-38,53-56,61-62H,1-2,21-22,25-28,31-34H2,3-4H3/q+2/t35-,36-,37-,38-,53+,54+,55?,56?,59-,60-/m0/s1. The van der Waals surface area contributed by atoms with Crippen LogP contribution >= 0.6 is 0 Å². The minimum absolute atomic E-state index is 0.000695. The molecule has 13 rings (SSSR count). The topological polar surface area (TPSA) is 84.7 Å². The van der Waals surface area contributed by atoms with Gasteiger partial charge in [-0.1, -0.05) is 60.7 Å². The van der Waals surface area contributed by atoms with E-state index in [1.54, 1.807) is 14.2 Å². The third kappa shape index (κ3) is 6.55. The number of aliphatic hydroxyl groups is 2. The van der Waals surface area contributed by atoms with E-state index in [4.69, 9.17) is 9.47 Å². The smallest absolute Gasteiger partial charge is 0.131 e. The Hall–Kier alpha value is -5.64. The van der Waals surface area contributed by atoms with E-state index in [1.807, 2.05) is 60.9 Å². The van der Waals surface area contributed by atoms with Crippen molar-refractivity contribution < 1.29 is 28.7 Å². The molecule has 7 aromatic rings. The van der Waals surface area contributed by atoms with E-state index in [-0.39, 0.29) is 12.1 Å². The predicted octanol–water partition coefficient (Wildman–Crippen LogP) is 10.4. The first-order valence-electron chi connectivity index (χ1n) is 23.4. The second-order valence-corrected chi connectivity index (χ2v) is 19.6. The maximum atomic E-state index is 12.8. The minimum Gasteiger partial charge on any atom is -0.497 e. The molecule has 5 aromatic carbocycles. The van der Waals surface area contributed by atoms with Crippen LogP contribution in [0.1, 0.15) is 60.1 Å². The van der Waals surface area contributed by atoms with Crippen LogP contribution < -0.4 is 9.47 Å². The number of quaternary nitrogens is 2. The molecular weight excluding hydrogens is 793 g/mol. The number of hydrogen-bond acceptors (Lipinski definition) is 6. The molecule has 2 unspecified atom stereocenters. The molecule has 8 heteroatoms. The van der Waals surface area contributed by atoms with E-state index in [1.165, 1.54) is 32.7 Å². The highest BCUT2D eigenvalue weighted by molar-refractivity contribution is 6.05. The second-order valence-electron chi connectivity index (χ2n) is 19.6. The Balaban J connectivity index is 1.03. The molecule has 326 valence electrons. The number of aliphatic hydroxyl groups excluding tert-OH is 2. The van der Waals surface area contributed by atoms with Gasteiger partial charge in [-0.3, -0.25) is 9.97 Å². The van der Waals surface area contributed by atoms with Crippen LogP contribution in [0.3, 0.4) is 0 Å². The lowest BCUT2D eigenvalue weighted by Gasteiger charge is -2.58. The average Bonchev–Trinajstić information content (AvgIpc) is 3.36. The number of hydrogen-bond donors (Lipinski definition) is 2. The molecule has 6 aliphatic rings. The molecule has 2 aromatic heterocycles. The van der Waals surface area contributed by atoms with Crippen molar-refractivity contribution in [2.24, 2.45) is 23.7 Å². The van der Waals surface area contributed by atoms with E-state index in [2.05, 4.69) is 83.8 Å². The molecular formula is C56H60N4O4+2. The molecule has 0 radical (unpaired) electrons. The summed E-state index contributed by atoms with van der Waals surface area (Å²) in [6.07, 6.45) is 10.8. The van der Waals surface area contributed by atoms with Crippen LogP contribution in [-0.4, -0.2) is 81.6 Å². The summed E-state index contributed by atoms with van der Waals surface area (Å²) in [5.41, 5.74) is 6.28. The Bertz CT molecular complexity index is 2700. The molecule has 0 saturated carbocycles. The highest BCUT2D eigenvalue weighted by atomic mass is 16.5. The van der Waals surface area contributed by atoms with E-state index >= 15 is 0 Å². The zero-order valence-electron chi connectivity index (χ0n) is 37.2. The summed E-state index contributed by atoms with van der Waals surface area (Å²) in [7, 11) is 3.38. The van der Waals surface area contributed by atoms with Crippen molar-refractivity contribution in [1.82, 2.24) is 9.97 Å². The van der Waals surface area contributed by atoms with Gasteiger partial charge in [0.05, 0.1) is 51.4 Å². The Morgan fingerprint density at radius 1 is 0.594 bits per heavy atom. The van der Waals surface area contributed by atoms with Gasteiger partial charge >= 0.3 is 0 Å². The highest BCUT2D eigenvalue weighted by Gasteiger charge is 2.56. The van der Waals surface area contributed by atoms with Gasteiger partial charge in [0.1, 0.15) is 48.9 Å². The van der Waals surface area contributed by atoms with Gasteiger partial charge in [-0.05, 0) is 93.0 Å². The zero-order chi connectivity index (χ0) is 43.7. The summed E-state index contributed by atoms with van der Waals surface area (Å²) < 4.78 is 12.9. The van der Waals surface area contributed by atoms with Crippen molar-refractivity contribution in [3.05, 3.63) is 157 Å². The van der Waals surface area contributed by atoms with Crippen molar-refractivity contribution in [2.75, 3.05) is 40.4 Å². The highest BCUT2D eigenvalue weighted by Crippen LogP contribution is 2.52. The van der Waals surface area contributed by atoms with Crippen LogP contribution in [0.4, 0.5) is 0 Å². The van der Waals surface area contributed by atoms with Gasteiger partial charge in [-0.25, -0.2) is 0 Å². The summed E-state index contributed by atoms with van der Waals surface area (Å²) >= 11 is 0. The van der Waals surface area contributed by atoms with Crippen LogP contribution in [0.15, 0.2) is 135 Å². The number of nitrogens with zero attached hydrogens (tertiary/aromatic N) is 4. The Morgan fingerprint density at radius 2 is 1.00 bits per heavy atom. The number of benzene rings is 5. The lowest BCUT2D eigenvalue weighted by atomic mass is 9.70. The molecule has 6 aliphatic heterocycles. The first-order chi connectivity index (χ1) is 31.3. The van der Waals surface area contributed by atoms with Crippen LogP contribution in [0.2, 0.25) is 0 Å². The quantitative estimate of drug-likeness (QED) is 0.0724. The minimum atomic E-state index is -0.680. The number of ether oxygens (including phenoxy) is 2. The fourth-order valence-corrected chi connectivity index (χ4v) is 13.5. The van der Waals surface area contributed by atoms with Gasteiger partial charge in [-0.2, -0.15) is 0 Å². The molecule has 6 fully saturated rings. The Labute approximate surface area is 376 Å². The average molecular weight is 853 g/mol. The summed E-state index contributed by atoms with van der Waals surface area (Å²) in [5, 5.41) is 32.6. The second kappa shape index (κ2) is 16.1. The van der Waals surface area contributed by atoms with E-state index < -0.39 is 12.2 Å². The van der Waals surface area contributed by atoms with Crippen LogP contribution in [0.5, 0.6) is 11.5 Å². The Kier molecular flexibility index (Phi) is 10.3. The van der Waals surface area contributed by atoms with E-state index in [9.17, 15) is 10.2 Å². The molecule has 64 heavy (non-hydrogen) atoms. The fraction of sp³-hybridized carbons (Fsp3) is 0.357. The molecule has 10 atom stereocenters. The first kappa shape index (κ1) is 41.1. The van der Waals surface area contributed by atoms with Crippen LogP contribution in [-0.2, 0) is 13.1 Å². The van der Waals surface area contributed by atoms with Crippen molar-refractivity contribution in [2.45, 2.75) is 63.1 Å². The van der Waals surface area contributed by atoms with Gasteiger partial charge in [-0.15, -0.1) is 13.2 Å². The maximum absolute atomic E-state index is 12.8. The fourth-order valence-electron chi connectivity index (χ4n) is 13.5. The number of pyridine rings is 2. The van der Waals surface area contributed by atoms with E-state index in [0.717, 1.165) is 118 Å². The summed E-state index contributed by atoms with van der Waals surface area (Å²) in [5.74, 6) is 3.29. The predicted molar refractivity (Wildman–Crippen MR) is 256 cm³/mol. The number of aromatic nitrogens is 2.